The van der Waals surface area contributed by atoms with Crippen LogP contribution in [0.4, 0.5) is 10.6 Å². The van der Waals surface area contributed by atoms with Gasteiger partial charge in [-0.25, -0.2) is 19.3 Å². The summed E-state index contributed by atoms with van der Waals surface area (Å²) < 4.78 is 17.3. The van der Waals surface area contributed by atoms with Crippen molar-refractivity contribution in [2.24, 2.45) is 0 Å². The monoisotopic (exact) mass is 426 g/mol. The van der Waals surface area contributed by atoms with E-state index in [4.69, 9.17) is 19.2 Å². The number of aryl methyl sites for hydroxylation is 1. The van der Waals surface area contributed by atoms with Crippen LogP contribution in [0.3, 0.4) is 0 Å². The molecule has 0 aromatic carbocycles. The van der Waals surface area contributed by atoms with Gasteiger partial charge in [0.2, 0.25) is 5.88 Å². The molecule has 0 aliphatic carbocycles. The minimum absolute atomic E-state index is 0.259. The number of hydrogen-bond donors (Lipinski definition) is 0. The van der Waals surface area contributed by atoms with Crippen LogP contribution in [0.5, 0.6) is 5.88 Å². The molecule has 1 aliphatic heterocycles. The summed E-state index contributed by atoms with van der Waals surface area (Å²) in [6.45, 7) is 5.05. The topological polar surface area (TPSA) is 94.3 Å². The van der Waals surface area contributed by atoms with Crippen molar-refractivity contribution < 1.29 is 19.0 Å². The van der Waals surface area contributed by atoms with Crippen molar-refractivity contribution in [2.45, 2.75) is 6.92 Å². The number of amides is 1. The quantitative estimate of drug-likeness (QED) is 0.553. The Morgan fingerprint density at radius 2 is 1.84 bits per heavy atom. The molecule has 0 bridgehead atoms. The van der Waals surface area contributed by atoms with Gasteiger partial charge in [0.1, 0.15) is 12.4 Å². The zero-order chi connectivity index (χ0) is 21.8. The summed E-state index contributed by atoms with van der Waals surface area (Å²) in [7, 11) is 3.18. The van der Waals surface area contributed by atoms with Crippen molar-refractivity contribution in [1.29, 1.82) is 0 Å². The van der Waals surface area contributed by atoms with E-state index >= 15 is 0 Å². The lowest BCUT2D eigenvalue weighted by molar-refractivity contribution is 0.0705. The maximum absolute atomic E-state index is 12.1. The summed E-state index contributed by atoms with van der Waals surface area (Å²) in [4.78, 5) is 25.3. The van der Waals surface area contributed by atoms with Crippen LogP contribution >= 0.6 is 0 Å². The Kier molecular flexibility index (Phi) is 6.17. The van der Waals surface area contributed by atoms with Crippen LogP contribution in [0.2, 0.25) is 0 Å². The molecular weight excluding hydrogens is 400 g/mol. The first-order chi connectivity index (χ1) is 15.1. The van der Waals surface area contributed by atoms with Gasteiger partial charge in [-0.1, -0.05) is 0 Å². The second kappa shape index (κ2) is 9.17. The fourth-order valence-corrected chi connectivity index (χ4v) is 3.54. The van der Waals surface area contributed by atoms with E-state index in [1.165, 1.54) is 0 Å². The molecule has 1 fully saturated rings. The summed E-state index contributed by atoms with van der Waals surface area (Å²) in [6, 6.07) is 5.84. The molecule has 1 aliphatic rings. The number of pyridine rings is 1. The van der Waals surface area contributed by atoms with Gasteiger partial charge in [0.05, 0.1) is 25.5 Å². The number of piperazine rings is 1. The van der Waals surface area contributed by atoms with Crippen LogP contribution in [-0.4, -0.2) is 84.2 Å². The lowest BCUT2D eigenvalue weighted by Crippen LogP contribution is -2.49. The Balaban J connectivity index is 1.52. The molecule has 10 heteroatoms. The number of ether oxygens (including phenoxy) is 3. The highest BCUT2D eigenvalue weighted by molar-refractivity contribution is 5.80. The fraction of sp³-hybridized carbons (Fsp3) is 0.429. The molecule has 164 valence electrons. The summed E-state index contributed by atoms with van der Waals surface area (Å²) >= 11 is 0. The molecule has 0 spiro atoms. The minimum atomic E-state index is -0.308. The molecule has 0 unspecified atom stereocenters. The highest BCUT2D eigenvalue weighted by Gasteiger charge is 2.24. The molecule has 3 aromatic rings. The number of rotatable bonds is 6. The van der Waals surface area contributed by atoms with Crippen LogP contribution in [0, 0.1) is 6.92 Å². The van der Waals surface area contributed by atoms with Crippen molar-refractivity contribution >= 4 is 17.6 Å². The van der Waals surface area contributed by atoms with E-state index in [1.807, 2.05) is 31.3 Å². The summed E-state index contributed by atoms with van der Waals surface area (Å²) in [5.41, 5.74) is 3.30. The Hall–Kier alpha value is -3.40. The molecule has 0 atom stereocenters. The number of carbonyl (C=O) groups is 1. The molecule has 4 heterocycles. The predicted molar refractivity (Wildman–Crippen MR) is 115 cm³/mol. The van der Waals surface area contributed by atoms with Gasteiger partial charge in [0.15, 0.2) is 5.65 Å². The first kappa shape index (κ1) is 20.9. The number of aromatic nitrogens is 4. The Bertz CT molecular complexity index is 1060. The van der Waals surface area contributed by atoms with Crippen LogP contribution in [0.1, 0.15) is 5.69 Å². The van der Waals surface area contributed by atoms with Crippen molar-refractivity contribution in [3.63, 3.8) is 0 Å². The van der Waals surface area contributed by atoms with Gasteiger partial charge in [-0.05, 0) is 25.1 Å². The van der Waals surface area contributed by atoms with Crippen LogP contribution < -0.4 is 9.64 Å². The van der Waals surface area contributed by atoms with Gasteiger partial charge >= 0.3 is 6.09 Å². The third kappa shape index (κ3) is 4.38. The van der Waals surface area contributed by atoms with E-state index < -0.39 is 0 Å². The maximum atomic E-state index is 12.1. The Morgan fingerprint density at radius 1 is 1.03 bits per heavy atom. The van der Waals surface area contributed by atoms with Gasteiger partial charge in [-0.15, -0.1) is 0 Å². The van der Waals surface area contributed by atoms with E-state index in [0.29, 0.717) is 38.7 Å². The lowest BCUT2D eigenvalue weighted by Gasteiger charge is -2.34. The second-order valence-electron chi connectivity index (χ2n) is 7.20. The van der Waals surface area contributed by atoms with Crippen LogP contribution in [0.25, 0.3) is 16.8 Å². The van der Waals surface area contributed by atoms with Gasteiger partial charge in [0, 0.05) is 50.7 Å². The smallest absolute Gasteiger partial charge is 0.409 e. The zero-order valence-electron chi connectivity index (χ0n) is 17.9. The van der Waals surface area contributed by atoms with Gasteiger partial charge < -0.3 is 24.0 Å². The molecule has 0 N–H and O–H groups in total. The molecule has 3 aromatic heterocycles. The SMILES string of the molecule is COCCOC(=O)N1CCN(c2ccn3ncc(-c4ccc(C)nc4OC)c3n2)CC1. The number of hydrogen-bond acceptors (Lipinski definition) is 8. The average Bonchev–Trinajstić information content (AvgIpc) is 3.22. The van der Waals surface area contributed by atoms with Crippen LogP contribution in [-0.2, 0) is 9.47 Å². The number of fused-ring (bicyclic) bond motifs is 1. The summed E-state index contributed by atoms with van der Waals surface area (Å²) in [5, 5.41) is 4.42. The Morgan fingerprint density at radius 3 is 2.58 bits per heavy atom. The fourth-order valence-electron chi connectivity index (χ4n) is 3.54. The third-order valence-electron chi connectivity index (χ3n) is 5.21. The molecule has 1 saturated heterocycles. The molecule has 0 saturated carbocycles. The largest absolute Gasteiger partial charge is 0.481 e. The second-order valence-corrected chi connectivity index (χ2v) is 7.20. The predicted octanol–water partition coefficient (Wildman–Crippen LogP) is 2.01. The Labute approximate surface area is 180 Å². The van der Waals surface area contributed by atoms with Crippen LogP contribution in [0.15, 0.2) is 30.6 Å². The summed E-state index contributed by atoms with van der Waals surface area (Å²) in [6.07, 6.45) is 3.35. The number of methoxy groups -OCH3 is 2. The molecule has 0 radical (unpaired) electrons. The van der Waals surface area contributed by atoms with Gasteiger partial charge in [0.25, 0.3) is 0 Å². The normalized spacial score (nSPS) is 14.2. The summed E-state index contributed by atoms with van der Waals surface area (Å²) in [5.74, 6) is 1.38. The molecule has 4 rings (SSSR count). The van der Waals surface area contributed by atoms with Gasteiger partial charge in [-0.3, -0.25) is 0 Å². The van der Waals surface area contributed by atoms with E-state index in [0.717, 1.165) is 28.3 Å². The minimum Gasteiger partial charge on any atom is -0.481 e. The van der Waals surface area contributed by atoms with Crippen molar-refractivity contribution in [2.75, 3.05) is 58.5 Å². The molecule has 1 amide bonds. The molecule has 31 heavy (non-hydrogen) atoms. The molecular formula is C21H26N6O4. The van der Waals surface area contributed by atoms with E-state index in [1.54, 1.807) is 29.8 Å². The highest BCUT2D eigenvalue weighted by atomic mass is 16.6. The van der Waals surface area contributed by atoms with Gasteiger partial charge in [-0.2, -0.15) is 5.10 Å². The first-order valence-electron chi connectivity index (χ1n) is 10.1. The average molecular weight is 426 g/mol. The van der Waals surface area contributed by atoms with Crippen molar-refractivity contribution in [1.82, 2.24) is 24.5 Å². The van der Waals surface area contributed by atoms with Crippen molar-refractivity contribution in [3.8, 4) is 17.0 Å². The van der Waals surface area contributed by atoms with E-state index in [-0.39, 0.29) is 12.7 Å². The van der Waals surface area contributed by atoms with E-state index in [9.17, 15) is 4.79 Å². The number of carbonyl (C=O) groups excluding carboxylic acids is 1. The standard InChI is InChI=1S/C21H26N6O4/c1-15-4-5-16(20(23-15)30-3)17-14-22-27-7-6-18(24-19(17)27)25-8-10-26(11-9-25)21(28)31-13-12-29-2/h4-7,14H,8-13H2,1-3H3. The third-order valence-corrected chi connectivity index (χ3v) is 5.21. The number of anilines is 1. The van der Waals surface area contributed by atoms with Crippen molar-refractivity contribution in [3.05, 3.63) is 36.3 Å². The molecule has 10 nitrogen and oxygen atoms in total. The highest BCUT2D eigenvalue weighted by Crippen LogP contribution is 2.31. The zero-order valence-corrected chi connectivity index (χ0v) is 17.9. The van der Waals surface area contributed by atoms with E-state index in [2.05, 4.69) is 15.0 Å². The number of nitrogens with zero attached hydrogens (tertiary/aromatic N) is 6. The maximum Gasteiger partial charge on any atom is 0.409 e. The first-order valence-corrected chi connectivity index (χ1v) is 10.1. The lowest BCUT2D eigenvalue weighted by atomic mass is 10.1.